The highest BCUT2D eigenvalue weighted by Crippen LogP contribution is 2.27. The standard InChI is InChI=1S/C26H23N3O2/c1-17-9-12-19(13-10-17)16-28-23-21-15-18(2)11-14-22(21)27(3)24(23)25(30)29(26(28)31)20-7-5-4-6-8-20/h4-15H,16H2,1-3H3. The average molecular weight is 409 g/mol. The molecule has 0 amide bonds. The van der Waals surface area contributed by atoms with Crippen molar-refractivity contribution in [3.8, 4) is 5.69 Å². The van der Waals surface area contributed by atoms with Crippen molar-refractivity contribution < 1.29 is 0 Å². The summed E-state index contributed by atoms with van der Waals surface area (Å²) in [6.45, 7) is 4.44. The molecule has 2 aromatic heterocycles. The number of para-hydroxylation sites is 1. The molecule has 0 radical (unpaired) electrons. The van der Waals surface area contributed by atoms with Gasteiger partial charge in [-0.2, -0.15) is 0 Å². The van der Waals surface area contributed by atoms with E-state index in [1.807, 2.05) is 80.1 Å². The molecule has 0 bridgehead atoms. The molecule has 0 N–H and O–H groups in total. The third-order valence-corrected chi connectivity index (χ3v) is 5.90. The molecule has 5 nitrogen and oxygen atoms in total. The second-order valence-electron chi connectivity index (χ2n) is 8.11. The Morgan fingerprint density at radius 1 is 0.774 bits per heavy atom. The molecule has 0 aliphatic rings. The monoisotopic (exact) mass is 409 g/mol. The summed E-state index contributed by atoms with van der Waals surface area (Å²) in [6, 6.07) is 23.3. The van der Waals surface area contributed by atoms with Crippen LogP contribution < -0.4 is 11.2 Å². The fourth-order valence-corrected chi connectivity index (χ4v) is 4.29. The van der Waals surface area contributed by atoms with Gasteiger partial charge < -0.3 is 4.57 Å². The van der Waals surface area contributed by atoms with Crippen molar-refractivity contribution >= 4 is 21.9 Å². The van der Waals surface area contributed by atoms with Crippen molar-refractivity contribution in [3.05, 3.63) is 110 Å². The zero-order chi connectivity index (χ0) is 21.7. The van der Waals surface area contributed by atoms with E-state index in [4.69, 9.17) is 0 Å². The molecule has 2 heterocycles. The predicted molar refractivity (Wildman–Crippen MR) is 125 cm³/mol. The van der Waals surface area contributed by atoms with Gasteiger partial charge in [-0.1, -0.05) is 59.7 Å². The van der Waals surface area contributed by atoms with E-state index in [0.29, 0.717) is 23.3 Å². The molecule has 0 aliphatic heterocycles. The van der Waals surface area contributed by atoms with Crippen LogP contribution in [-0.4, -0.2) is 13.7 Å². The summed E-state index contributed by atoms with van der Waals surface area (Å²) in [5, 5.41) is 0.916. The third-order valence-electron chi connectivity index (χ3n) is 5.90. The number of benzene rings is 3. The van der Waals surface area contributed by atoms with Crippen LogP contribution in [0.15, 0.2) is 82.4 Å². The van der Waals surface area contributed by atoms with E-state index in [0.717, 1.165) is 27.6 Å². The Morgan fingerprint density at radius 3 is 2.16 bits per heavy atom. The number of aryl methyl sites for hydroxylation is 3. The van der Waals surface area contributed by atoms with Crippen molar-refractivity contribution in [2.45, 2.75) is 20.4 Å². The normalized spacial score (nSPS) is 11.5. The van der Waals surface area contributed by atoms with Crippen molar-refractivity contribution in [2.75, 3.05) is 0 Å². The van der Waals surface area contributed by atoms with E-state index < -0.39 is 0 Å². The molecule has 5 aromatic rings. The van der Waals surface area contributed by atoms with E-state index in [9.17, 15) is 9.59 Å². The van der Waals surface area contributed by atoms with Crippen LogP contribution in [0.4, 0.5) is 0 Å². The SMILES string of the molecule is Cc1ccc(Cn2c(=O)n(-c3ccccc3)c(=O)c3c2c2cc(C)ccc2n3C)cc1. The molecule has 5 heteroatoms. The summed E-state index contributed by atoms with van der Waals surface area (Å²) >= 11 is 0. The zero-order valence-corrected chi connectivity index (χ0v) is 17.8. The summed E-state index contributed by atoms with van der Waals surface area (Å²) < 4.78 is 4.91. The molecule has 0 saturated heterocycles. The summed E-state index contributed by atoms with van der Waals surface area (Å²) in [5.41, 5.74) is 5.33. The van der Waals surface area contributed by atoms with Gasteiger partial charge in [-0.05, 0) is 43.7 Å². The highest BCUT2D eigenvalue weighted by atomic mass is 16.2. The van der Waals surface area contributed by atoms with Crippen molar-refractivity contribution in [3.63, 3.8) is 0 Å². The van der Waals surface area contributed by atoms with Crippen LogP contribution in [-0.2, 0) is 13.6 Å². The Balaban J connectivity index is 1.94. The van der Waals surface area contributed by atoms with Gasteiger partial charge in [0.25, 0.3) is 5.56 Å². The molecule has 154 valence electrons. The van der Waals surface area contributed by atoms with E-state index in [1.165, 1.54) is 4.57 Å². The topological polar surface area (TPSA) is 48.9 Å². The summed E-state index contributed by atoms with van der Waals surface area (Å²) in [7, 11) is 1.89. The lowest BCUT2D eigenvalue weighted by molar-refractivity contribution is 0.712. The first-order chi connectivity index (χ1) is 15.0. The van der Waals surface area contributed by atoms with Crippen molar-refractivity contribution in [1.29, 1.82) is 0 Å². The number of rotatable bonds is 3. The summed E-state index contributed by atoms with van der Waals surface area (Å²) in [4.78, 5) is 27.3. The van der Waals surface area contributed by atoms with E-state index in [2.05, 4.69) is 6.07 Å². The van der Waals surface area contributed by atoms with Gasteiger partial charge in [0, 0.05) is 12.4 Å². The van der Waals surface area contributed by atoms with E-state index in [1.54, 1.807) is 16.7 Å². The predicted octanol–water partition coefficient (Wildman–Crippen LogP) is 4.31. The molecule has 0 aliphatic carbocycles. The summed E-state index contributed by atoms with van der Waals surface area (Å²) in [6.07, 6.45) is 0. The number of hydrogen-bond donors (Lipinski definition) is 0. The maximum absolute atomic E-state index is 13.7. The first-order valence-electron chi connectivity index (χ1n) is 10.3. The van der Waals surface area contributed by atoms with Crippen LogP contribution in [0.1, 0.15) is 16.7 Å². The van der Waals surface area contributed by atoms with Gasteiger partial charge in [0.15, 0.2) is 0 Å². The van der Waals surface area contributed by atoms with E-state index in [-0.39, 0.29) is 11.2 Å². The Hall–Kier alpha value is -3.86. The number of aromatic nitrogens is 3. The minimum atomic E-state index is -0.335. The lowest BCUT2D eigenvalue weighted by Crippen LogP contribution is -2.39. The highest BCUT2D eigenvalue weighted by Gasteiger charge is 2.21. The van der Waals surface area contributed by atoms with Crippen LogP contribution in [0.3, 0.4) is 0 Å². The number of fused-ring (bicyclic) bond motifs is 3. The first-order valence-corrected chi connectivity index (χ1v) is 10.3. The molecular formula is C26H23N3O2. The second-order valence-corrected chi connectivity index (χ2v) is 8.11. The number of hydrogen-bond acceptors (Lipinski definition) is 2. The van der Waals surface area contributed by atoms with Crippen LogP contribution in [0.2, 0.25) is 0 Å². The van der Waals surface area contributed by atoms with Gasteiger partial charge in [0.05, 0.1) is 23.3 Å². The molecule has 3 aromatic carbocycles. The minimum absolute atomic E-state index is 0.303. The van der Waals surface area contributed by atoms with Crippen molar-refractivity contribution in [2.24, 2.45) is 7.05 Å². The van der Waals surface area contributed by atoms with Gasteiger partial charge in [-0.15, -0.1) is 0 Å². The zero-order valence-electron chi connectivity index (χ0n) is 17.8. The summed E-state index contributed by atoms with van der Waals surface area (Å²) in [5.74, 6) is 0. The maximum Gasteiger partial charge on any atom is 0.336 e. The Kier molecular flexibility index (Phi) is 4.40. The Bertz CT molecular complexity index is 1550. The number of nitrogens with zero attached hydrogens (tertiary/aromatic N) is 3. The lowest BCUT2D eigenvalue weighted by Gasteiger charge is -2.13. The molecule has 31 heavy (non-hydrogen) atoms. The third kappa shape index (κ3) is 3.01. The fourth-order valence-electron chi connectivity index (χ4n) is 4.29. The van der Waals surface area contributed by atoms with Crippen LogP contribution in [0, 0.1) is 13.8 Å². The van der Waals surface area contributed by atoms with Gasteiger partial charge in [0.2, 0.25) is 0 Å². The Morgan fingerprint density at radius 2 is 1.45 bits per heavy atom. The van der Waals surface area contributed by atoms with Crippen LogP contribution >= 0.6 is 0 Å². The fraction of sp³-hybridized carbons (Fsp3) is 0.154. The Labute approximate surface area is 179 Å². The first kappa shape index (κ1) is 19.1. The lowest BCUT2D eigenvalue weighted by atomic mass is 10.1. The highest BCUT2D eigenvalue weighted by molar-refractivity contribution is 6.06. The van der Waals surface area contributed by atoms with Gasteiger partial charge in [0.1, 0.15) is 5.52 Å². The minimum Gasteiger partial charge on any atom is -0.338 e. The van der Waals surface area contributed by atoms with Crippen molar-refractivity contribution in [1.82, 2.24) is 13.7 Å². The second kappa shape index (κ2) is 7.13. The largest absolute Gasteiger partial charge is 0.338 e. The smallest absolute Gasteiger partial charge is 0.336 e. The maximum atomic E-state index is 13.7. The molecular weight excluding hydrogens is 386 g/mol. The average Bonchev–Trinajstić information content (AvgIpc) is 3.05. The van der Waals surface area contributed by atoms with Crippen LogP contribution in [0.25, 0.3) is 27.6 Å². The quantitative estimate of drug-likeness (QED) is 0.446. The van der Waals surface area contributed by atoms with Crippen LogP contribution in [0.5, 0.6) is 0 Å². The van der Waals surface area contributed by atoms with Gasteiger partial charge in [-0.25, -0.2) is 9.36 Å². The molecule has 0 unspecified atom stereocenters. The van der Waals surface area contributed by atoms with E-state index >= 15 is 0 Å². The molecule has 0 atom stereocenters. The molecule has 0 fully saturated rings. The molecule has 0 saturated carbocycles. The molecule has 5 rings (SSSR count). The van der Waals surface area contributed by atoms with Gasteiger partial charge >= 0.3 is 5.69 Å². The molecule has 0 spiro atoms. The van der Waals surface area contributed by atoms with Gasteiger partial charge in [-0.3, -0.25) is 9.36 Å².